The van der Waals surface area contributed by atoms with Gasteiger partial charge < -0.3 is 5.32 Å². The summed E-state index contributed by atoms with van der Waals surface area (Å²) in [6.45, 7) is 11.3. The highest BCUT2D eigenvalue weighted by molar-refractivity contribution is 7.89. The Bertz CT molecular complexity index is 1010. The van der Waals surface area contributed by atoms with Gasteiger partial charge in [-0.25, -0.2) is 8.42 Å². The van der Waals surface area contributed by atoms with E-state index in [1.165, 1.54) is 4.31 Å². The van der Waals surface area contributed by atoms with Gasteiger partial charge in [0.2, 0.25) is 15.9 Å². The van der Waals surface area contributed by atoms with Crippen LogP contribution in [0.15, 0.2) is 47.4 Å². The molecule has 0 atom stereocenters. The molecule has 1 heterocycles. The smallest absolute Gasteiger partial charge is 0.243 e. The lowest BCUT2D eigenvalue weighted by atomic mass is 9.81. The molecule has 2 aromatic rings. The molecule has 1 fully saturated rings. The van der Waals surface area contributed by atoms with Gasteiger partial charge >= 0.3 is 0 Å². The van der Waals surface area contributed by atoms with Crippen molar-refractivity contribution in [3.8, 4) is 0 Å². The van der Waals surface area contributed by atoms with Crippen LogP contribution >= 0.6 is 0 Å². The van der Waals surface area contributed by atoms with Crippen LogP contribution in [0.1, 0.15) is 53.9 Å². The number of fused-ring (bicyclic) bond motifs is 1. The van der Waals surface area contributed by atoms with E-state index in [-0.39, 0.29) is 22.8 Å². The number of sulfonamides is 1. The molecular formula is C24H34N2O3S. The number of amides is 1. The van der Waals surface area contributed by atoms with Crippen molar-refractivity contribution in [2.75, 3.05) is 13.1 Å². The van der Waals surface area contributed by atoms with Crippen LogP contribution in [0.3, 0.4) is 0 Å². The predicted molar refractivity (Wildman–Crippen MR) is 122 cm³/mol. The molecule has 1 N–H and O–H groups in total. The van der Waals surface area contributed by atoms with Gasteiger partial charge in [-0.3, -0.25) is 4.79 Å². The number of hydrogen-bond acceptors (Lipinski definition) is 3. The molecule has 1 saturated heterocycles. The van der Waals surface area contributed by atoms with E-state index in [1.807, 2.05) is 30.3 Å². The van der Waals surface area contributed by atoms with Crippen molar-refractivity contribution < 1.29 is 13.2 Å². The third-order valence-corrected chi connectivity index (χ3v) is 7.51. The van der Waals surface area contributed by atoms with Crippen molar-refractivity contribution in [2.24, 2.45) is 11.3 Å². The Morgan fingerprint density at radius 3 is 2.20 bits per heavy atom. The molecule has 0 bridgehead atoms. The fourth-order valence-corrected chi connectivity index (χ4v) is 6.15. The normalized spacial score (nSPS) is 17.2. The third kappa shape index (κ3) is 5.41. The van der Waals surface area contributed by atoms with E-state index in [0.717, 1.165) is 17.2 Å². The minimum Gasteiger partial charge on any atom is -0.351 e. The summed E-state index contributed by atoms with van der Waals surface area (Å²) in [7, 11) is -3.56. The van der Waals surface area contributed by atoms with Gasteiger partial charge in [-0.1, -0.05) is 51.1 Å². The fraction of sp³-hybridized carbons (Fsp3) is 0.542. The average Bonchev–Trinajstić information content (AvgIpc) is 2.65. The Balaban J connectivity index is 1.64. The zero-order valence-electron chi connectivity index (χ0n) is 18.7. The second-order valence-corrected chi connectivity index (χ2v) is 12.2. The van der Waals surface area contributed by atoms with E-state index in [2.05, 4.69) is 39.9 Å². The van der Waals surface area contributed by atoms with Gasteiger partial charge in [-0.15, -0.1) is 0 Å². The standard InChI is InChI=1S/C24H34N2O3S/c1-23(2,3)17-24(4,5)25-22(27)19-12-14-26(15-13-19)30(28,29)21-11-10-18-8-6-7-9-20(18)16-21/h6-11,16,19H,12-15,17H2,1-5H3,(H,25,27). The molecule has 2 aromatic carbocycles. The molecule has 0 aliphatic carbocycles. The van der Waals surface area contributed by atoms with Crippen molar-refractivity contribution in [3.63, 3.8) is 0 Å². The third-order valence-electron chi connectivity index (χ3n) is 5.62. The largest absolute Gasteiger partial charge is 0.351 e. The van der Waals surface area contributed by atoms with Crippen LogP contribution in [0.25, 0.3) is 10.8 Å². The zero-order chi connectivity index (χ0) is 22.2. The summed E-state index contributed by atoms with van der Waals surface area (Å²) in [5, 5.41) is 5.11. The van der Waals surface area contributed by atoms with Crippen molar-refractivity contribution in [2.45, 2.75) is 64.3 Å². The van der Waals surface area contributed by atoms with Crippen LogP contribution in [0.4, 0.5) is 0 Å². The second-order valence-electron chi connectivity index (χ2n) is 10.3. The number of piperidine rings is 1. The molecule has 1 aliphatic rings. The van der Waals surface area contributed by atoms with Crippen molar-refractivity contribution >= 4 is 26.7 Å². The van der Waals surface area contributed by atoms with Crippen LogP contribution < -0.4 is 5.32 Å². The minimum atomic E-state index is -3.56. The average molecular weight is 431 g/mol. The SMILES string of the molecule is CC(C)(C)CC(C)(C)NC(=O)C1CCN(S(=O)(=O)c2ccc3ccccc3c2)CC1. The van der Waals surface area contributed by atoms with Gasteiger partial charge in [0, 0.05) is 24.5 Å². The van der Waals surface area contributed by atoms with Crippen molar-refractivity contribution in [1.29, 1.82) is 0 Å². The van der Waals surface area contributed by atoms with Gasteiger partial charge in [-0.05, 0) is 61.4 Å². The van der Waals surface area contributed by atoms with Gasteiger partial charge in [0.25, 0.3) is 0 Å². The Morgan fingerprint density at radius 2 is 1.60 bits per heavy atom. The molecule has 0 unspecified atom stereocenters. The number of nitrogens with one attached hydrogen (secondary N) is 1. The number of nitrogens with zero attached hydrogens (tertiary/aromatic N) is 1. The van der Waals surface area contributed by atoms with Gasteiger partial charge in [0.15, 0.2) is 0 Å². The van der Waals surface area contributed by atoms with Crippen molar-refractivity contribution in [1.82, 2.24) is 9.62 Å². The molecule has 0 spiro atoms. The highest BCUT2D eigenvalue weighted by Gasteiger charge is 2.34. The van der Waals surface area contributed by atoms with E-state index in [9.17, 15) is 13.2 Å². The number of carbonyl (C=O) groups is 1. The fourth-order valence-electron chi connectivity index (χ4n) is 4.64. The van der Waals surface area contributed by atoms with Crippen LogP contribution in [-0.2, 0) is 14.8 Å². The number of rotatable bonds is 5. The highest BCUT2D eigenvalue weighted by Crippen LogP contribution is 2.29. The van der Waals surface area contributed by atoms with Crippen molar-refractivity contribution in [3.05, 3.63) is 42.5 Å². The van der Waals surface area contributed by atoms with E-state index in [4.69, 9.17) is 0 Å². The zero-order valence-corrected chi connectivity index (χ0v) is 19.6. The number of hydrogen-bond donors (Lipinski definition) is 1. The van der Waals surface area contributed by atoms with Gasteiger partial charge in [-0.2, -0.15) is 4.31 Å². The van der Waals surface area contributed by atoms with Crippen LogP contribution in [0.2, 0.25) is 0 Å². The summed E-state index contributed by atoms with van der Waals surface area (Å²) in [4.78, 5) is 13.1. The summed E-state index contributed by atoms with van der Waals surface area (Å²) in [5.74, 6) is -0.112. The minimum absolute atomic E-state index is 0.0343. The molecule has 0 aromatic heterocycles. The first-order valence-electron chi connectivity index (χ1n) is 10.7. The number of benzene rings is 2. The van der Waals surface area contributed by atoms with E-state index in [0.29, 0.717) is 30.8 Å². The van der Waals surface area contributed by atoms with Crippen LogP contribution in [0.5, 0.6) is 0 Å². The monoisotopic (exact) mass is 430 g/mol. The lowest BCUT2D eigenvalue weighted by Crippen LogP contribution is -2.50. The Morgan fingerprint density at radius 1 is 1.00 bits per heavy atom. The predicted octanol–water partition coefficient (Wildman–Crippen LogP) is 4.57. The maximum Gasteiger partial charge on any atom is 0.243 e. The van der Waals surface area contributed by atoms with Gasteiger partial charge in [0.1, 0.15) is 0 Å². The van der Waals surface area contributed by atoms with E-state index < -0.39 is 10.0 Å². The summed E-state index contributed by atoms with van der Waals surface area (Å²) >= 11 is 0. The summed E-state index contributed by atoms with van der Waals surface area (Å²) in [6, 6.07) is 13.0. The maximum atomic E-state index is 13.1. The Labute approximate surface area is 180 Å². The Hall–Kier alpha value is -1.92. The first-order chi connectivity index (χ1) is 13.9. The molecule has 3 rings (SSSR count). The molecule has 1 aliphatic heterocycles. The second kappa shape index (κ2) is 8.31. The molecule has 6 heteroatoms. The molecular weight excluding hydrogens is 396 g/mol. The van der Waals surface area contributed by atoms with Gasteiger partial charge in [0.05, 0.1) is 4.90 Å². The van der Waals surface area contributed by atoms with Crippen LogP contribution in [-0.4, -0.2) is 37.3 Å². The molecule has 1 amide bonds. The highest BCUT2D eigenvalue weighted by atomic mass is 32.2. The van der Waals surface area contributed by atoms with E-state index in [1.54, 1.807) is 12.1 Å². The van der Waals surface area contributed by atoms with Crippen LogP contribution in [0, 0.1) is 11.3 Å². The Kier molecular flexibility index (Phi) is 6.30. The summed E-state index contributed by atoms with van der Waals surface area (Å²) in [6.07, 6.45) is 1.97. The lowest BCUT2D eigenvalue weighted by Gasteiger charge is -2.36. The first kappa shape index (κ1) is 22.8. The molecule has 5 nitrogen and oxygen atoms in total. The molecule has 0 saturated carbocycles. The maximum absolute atomic E-state index is 13.1. The lowest BCUT2D eigenvalue weighted by molar-refractivity contribution is -0.128. The number of carbonyl (C=O) groups excluding carboxylic acids is 1. The topological polar surface area (TPSA) is 66.5 Å². The summed E-state index contributed by atoms with van der Waals surface area (Å²) < 4.78 is 27.8. The molecule has 30 heavy (non-hydrogen) atoms. The summed E-state index contributed by atoms with van der Waals surface area (Å²) in [5.41, 5.74) is -0.169. The molecule has 164 valence electrons. The first-order valence-corrected chi connectivity index (χ1v) is 12.1. The van der Waals surface area contributed by atoms with E-state index >= 15 is 0 Å². The quantitative estimate of drug-likeness (QED) is 0.755. The molecule has 0 radical (unpaired) electrons.